The van der Waals surface area contributed by atoms with Gasteiger partial charge >= 0.3 is 5.69 Å². The molecule has 0 aliphatic rings. The monoisotopic (exact) mass is 429 g/mol. The van der Waals surface area contributed by atoms with Gasteiger partial charge in [0.2, 0.25) is 5.16 Å². The summed E-state index contributed by atoms with van der Waals surface area (Å²) in [6.07, 6.45) is 0.634. The highest BCUT2D eigenvalue weighted by Crippen LogP contribution is 2.23. The Balaban J connectivity index is 1.92. The first-order valence-electron chi connectivity index (χ1n) is 9.38. The summed E-state index contributed by atoms with van der Waals surface area (Å²) in [7, 11) is 1.33. The third-order valence-electron chi connectivity index (χ3n) is 4.89. The number of carbonyl (C=O) groups excluding carboxylic acids is 1. The fourth-order valence-electron chi connectivity index (χ4n) is 3.07. The molecule has 0 unspecified atom stereocenters. The Hall–Kier alpha value is -3.21. The number of hydrogen-bond acceptors (Lipinski definition) is 8. The molecule has 0 saturated heterocycles. The van der Waals surface area contributed by atoms with E-state index in [1.807, 2.05) is 39.0 Å². The molecule has 2 aromatic heterocycles. The summed E-state index contributed by atoms with van der Waals surface area (Å²) in [5.41, 5.74) is 7.50. The van der Waals surface area contributed by atoms with Crippen LogP contribution in [-0.2, 0) is 13.6 Å². The number of Topliss-reactive ketones (excluding diaryl/α,β-unsaturated/α-hetero) is 1. The number of nitrogen functional groups attached to an aromatic ring is 1. The summed E-state index contributed by atoms with van der Waals surface area (Å²) in [6.45, 7) is 6.15. The summed E-state index contributed by atoms with van der Waals surface area (Å²) in [6, 6.07) is 5.78. The second kappa shape index (κ2) is 8.66. The molecule has 10 nitrogen and oxygen atoms in total. The molecule has 0 aliphatic heterocycles. The van der Waals surface area contributed by atoms with Crippen LogP contribution in [0.3, 0.4) is 0 Å². The summed E-state index contributed by atoms with van der Waals surface area (Å²) >= 11 is 1.10. The van der Waals surface area contributed by atoms with Gasteiger partial charge in [-0.2, -0.15) is 4.68 Å². The number of thioether (sulfide) groups is 1. The highest BCUT2D eigenvalue weighted by atomic mass is 32.2. The molecule has 0 aliphatic carbocycles. The number of aromatic nitrogens is 6. The van der Waals surface area contributed by atoms with Gasteiger partial charge in [0.15, 0.2) is 5.78 Å². The summed E-state index contributed by atoms with van der Waals surface area (Å²) in [5.74, 6) is -0.696. The minimum Gasteiger partial charge on any atom is -0.384 e. The van der Waals surface area contributed by atoms with E-state index in [1.54, 1.807) is 4.68 Å². The first-order valence-corrected chi connectivity index (χ1v) is 10.4. The van der Waals surface area contributed by atoms with Crippen molar-refractivity contribution in [3.63, 3.8) is 0 Å². The van der Waals surface area contributed by atoms with Gasteiger partial charge in [0.25, 0.3) is 5.56 Å². The van der Waals surface area contributed by atoms with E-state index in [9.17, 15) is 14.4 Å². The average Bonchev–Trinajstić information content (AvgIpc) is 3.18. The van der Waals surface area contributed by atoms with Gasteiger partial charge < -0.3 is 5.73 Å². The quantitative estimate of drug-likeness (QED) is 0.436. The number of nitrogens with two attached hydrogens (primary N) is 1. The fourth-order valence-corrected chi connectivity index (χ4v) is 3.83. The van der Waals surface area contributed by atoms with Gasteiger partial charge in [0, 0.05) is 13.6 Å². The van der Waals surface area contributed by atoms with E-state index in [0.29, 0.717) is 18.1 Å². The van der Waals surface area contributed by atoms with Crippen LogP contribution in [0.2, 0.25) is 0 Å². The van der Waals surface area contributed by atoms with E-state index in [2.05, 4.69) is 15.5 Å². The van der Waals surface area contributed by atoms with Crippen LogP contribution in [0.4, 0.5) is 5.82 Å². The molecule has 2 heterocycles. The molecule has 0 amide bonds. The molecule has 30 heavy (non-hydrogen) atoms. The van der Waals surface area contributed by atoms with Crippen LogP contribution < -0.4 is 17.0 Å². The molecule has 11 heteroatoms. The van der Waals surface area contributed by atoms with Gasteiger partial charge in [-0.3, -0.25) is 18.7 Å². The number of anilines is 1. The van der Waals surface area contributed by atoms with E-state index in [-0.39, 0.29) is 17.1 Å². The predicted octanol–water partition coefficient (Wildman–Crippen LogP) is 1.11. The Labute approximate surface area is 176 Å². The minimum absolute atomic E-state index is 0.102. The van der Waals surface area contributed by atoms with Crippen LogP contribution in [-0.4, -0.2) is 40.9 Å². The highest BCUT2D eigenvalue weighted by molar-refractivity contribution is 7.99. The average molecular weight is 430 g/mol. The van der Waals surface area contributed by atoms with E-state index < -0.39 is 17.0 Å². The predicted molar refractivity (Wildman–Crippen MR) is 114 cm³/mol. The van der Waals surface area contributed by atoms with Gasteiger partial charge in [0.1, 0.15) is 11.4 Å². The van der Waals surface area contributed by atoms with Crippen molar-refractivity contribution >= 4 is 23.4 Å². The van der Waals surface area contributed by atoms with Gasteiger partial charge in [-0.25, -0.2) is 4.79 Å². The van der Waals surface area contributed by atoms with Gasteiger partial charge in [0.05, 0.1) is 11.4 Å². The molecule has 0 saturated carbocycles. The lowest BCUT2D eigenvalue weighted by molar-refractivity contribution is 0.102. The van der Waals surface area contributed by atoms with Crippen molar-refractivity contribution in [2.24, 2.45) is 7.05 Å². The maximum absolute atomic E-state index is 12.9. The third kappa shape index (κ3) is 3.80. The lowest BCUT2D eigenvalue weighted by Gasteiger charge is -2.13. The Morgan fingerprint density at radius 1 is 1.23 bits per heavy atom. The van der Waals surface area contributed by atoms with Crippen LogP contribution in [0.25, 0.3) is 5.69 Å². The number of aryl methyl sites for hydroxylation is 1. The zero-order chi connectivity index (χ0) is 22.0. The number of rotatable bonds is 7. The Morgan fingerprint density at radius 3 is 2.67 bits per heavy atom. The van der Waals surface area contributed by atoms with Crippen molar-refractivity contribution in [3.05, 3.63) is 55.7 Å². The molecule has 0 bridgehead atoms. The van der Waals surface area contributed by atoms with E-state index in [1.165, 1.54) is 11.6 Å². The number of hydrogen-bond donors (Lipinski definition) is 1. The number of nitrogens with zero attached hydrogens (tertiary/aromatic N) is 6. The van der Waals surface area contributed by atoms with Gasteiger partial charge in [-0.1, -0.05) is 30.8 Å². The summed E-state index contributed by atoms with van der Waals surface area (Å²) < 4.78 is 3.71. The smallest absolute Gasteiger partial charge is 0.332 e. The zero-order valence-electron chi connectivity index (χ0n) is 17.2. The Morgan fingerprint density at radius 2 is 1.97 bits per heavy atom. The summed E-state index contributed by atoms with van der Waals surface area (Å²) in [4.78, 5) is 37.7. The standard InChI is InChI=1S/C19H23N7O3S/c1-5-9-25-16(20)15(17(28)24(4)19(25)29)14(27)10-30-18-21-22-23-26(18)13-8-6-7-11(2)12(13)3/h6-8H,5,9-10,20H2,1-4H3. The minimum atomic E-state index is -0.704. The maximum atomic E-state index is 12.9. The first-order chi connectivity index (χ1) is 14.3. The lowest BCUT2D eigenvalue weighted by atomic mass is 10.1. The highest BCUT2D eigenvalue weighted by Gasteiger charge is 2.22. The van der Waals surface area contributed by atoms with E-state index in [0.717, 1.165) is 33.1 Å². The molecule has 0 atom stereocenters. The van der Waals surface area contributed by atoms with Crippen LogP contribution in [0, 0.1) is 13.8 Å². The van der Waals surface area contributed by atoms with Crippen LogP contribution in [0.15, 0.2) is 32.9 Å². The van der Waals surface area contributed by atoms with E-state index >= 15 is 0 Å². The third-order valence-corrected chi connectivity index (χ3v) is 5.81. The summed E-state index contributed by atoms with van der Waals surface area (Å²) in [5, 5.41) is 12.1. The molecule has 1 aromatic carbocycles. The SMILES string of the molecule is CCCn1c(N)c(C(=O)CSc2nnnn2-c2cccc(C)c2C)c(=O)n(C)c1=O. The zero-order valence-corrected chi connectivity index (χ0v) is 18.1. The topological polar surface area (TPSA) is 131 Å². The molecule has 158 valence electrons. The first kappa shape index (κ1) is 21.5. The fraction of sp³-hybridized carbons (Fsp3) is 0.368. The van der Waals surface area contributed by atoms with Crippen molar-refractivity contribution < 1.29 is 4.79 Å². The number of ketones is 1. The largest absolute Gasteiger partial charge is 0.384 e. The second-order valence-electron chi connectivity index (χ2n) is 6.86. The van der Waals surface area contributed by atoms with E-state index in [4.69, 9.17) is 5.73 Å². The number of tetrazole rings is 1. The molecular weight excluding hydrogens is 406 g/mol. The second-order valence-corrected chi connectivity index (χ2v) is 7.81. The van der Waals surface area contributed by atoms with Crippen LogP contribution in [0.5, 0.6) is 0 Å². The van der Waals surface area contributed by atoms with Crippen molar-refractivity contribution in [2.45, 2.75) is 38.9 Å². The van der Waals surface area contributed by atoms with Gasteiger partial charge in [-0.05, 0) is 47.9 Å². The lowest BCUT2D eigenvalue weighted by Crippen LogP contribution is -2.42. The molecule has 3 aromatic rings. The molecule has 0 fully saturated rings. The normalized spacial score (nSPS) is 11.1. The number of benzene rings is 1. The van der Waals surface area contributed by atoms with Crippen molar-refractivity contribution in [1.29, 1.82) is 0 Å². The Bertz CT molecular complexity index is 1230. The van der Waals surface area contributed by atoms with Crippen LogP contribution >= 0.6 is 11.8 Å². The van der Waals surface area contributed by atoms with Crippen molar-refractivity contribution in [1.82, 2.24) is 29.3 Å². The maximum Gasteiger partial charge on any atom is 0.332 e. The van der Waals surface area contributed by atoms with Crippen molar-refractivity contribution in [2.75, 3.05) is 11.5 Å². The molecule has 2 N–H and O–H groups in total. The Kier molecular flexibility index (Phi) is 6.20. The van der Waals surface area contributed by atoms with Crippen molar-refractivity contribution in [3.8, 4) is 5.69 Å². The molecule has 0 spiro atoms. The molecule has 0 radical (unpaired) electrons. The van der Waals surface area contributed by atoms with Crippen LogP contribution in [0.1, 0.15) is 34.8 Å². The van der Waals surface area contributed by atoms with Gasteiger partial charge in [-0.15, -0.1) is 5.10 Å². The number of carbonyl (C=O) groups is 1. The molecular formula is C19H23N7O3S. The molecule has 3 rings (SSSR count).